The molecule has 3 heterocycles. The SMILES string of the molecule is Cc1ccc(C(=O)Nc2ccc(F)c(C3(C)Cn4c(nc(C)c4C)C(NC(=O)OC(C)(C)C)=N3)c2)nc1. The van der Waals surface area contributed by atoms with Crippen molar-refractivity contribution in [1.82, 2.24) is 19.9 Å². The number of hydrogen-bond acceptors (Lipinski definition) is 6. The first-order chi connectivity index (χ1) is 17.3. The van der Waals surface area contributed by atoms with Gasteiger partial charge in [-0.15, -0.1) is 0 Å². The average Bonchev–Trinajstić information content (AvgIpc) is 3.08. The molecule has 0 aliphatic carbocycles. The first-order valence-electron chi connectivity index (χ1n) is 11.9. The Morgan fingerprint density at radius 1 is 1.11 bits per heavy atom. The number of amidine groups is 1. The van der Waals surface area contributed by atoms with Crippen LogP contribution in [-0.2, 0) is 16.8 Å². The molecule has 1 unspecified atom stereocenters. The number of rotatable bonds is 3. The van der Waals surface area contributed by atoms with E-state index in [1.807, 2.05) is 25.3 Å². The maximum absolute atomic E-state index is 15.3. The summed E-state index contributed by atoms with van der Waals surface area (Å²) in [6.45, 7) is 13.0. The molecule has 0 bridgehead atoms. The van der Waals surface area contributed by atoms with Crippen LogP contribution in [-0.4, -0.2) is 38.0 Å². The van der Waals surface area contributed by atoms with Crippen molar-refractivity contribution in [2.45, 2.75) is 66.2 Å². The Kier molecular flexibility index (Phi) is 6.62. The normalized spacial score (nSPS) is 17.0. The van der Waals surface area contributed by atoms with Crippen LogP contribution in [0.15, 0.2) is 41.5 Å². The highest BCUT2D eigenvalue weighted by Crippen LogP contribution is 2.36. The number of halogens is 1. The van der Waals surface area contributed by atoms with Gasteiger partial charge in [-0.25, -0.2) is 14.2 Å². The van der Waals surface area contributed by atoms with E-state index in [0.717, 1.165) is 17.0 Å². The second kappa shape index (κ2) is 9.42. The topological polar surface area (TPSA) is 111 Å². The maximum Gasteiger partial charge on any atom is 0.413 e. The lowest BCUT2D eigenvalue weighted by atomic mass is 9.90. The summed E-state index contributed by atoms with van der Waals surface area (Å²) in [5.74, 6) is -0.261. The fourth-order valence-corrected chi connectivity index (χ4v) is 4.11. The summed E-state index contributed by atoms with van der Waals surface area (Å²) in [6.07, 6.45) is 0.919. The molecule has 9 nitrogen and oxygen atoms in total. The predicted molar refractivity (Wildman–Crippen MR) is 138 cm³/mol. The molecular formula is C27H31FN6O3. The molecule has 0 saturated heterocycles. The van der Waals surface area contributed by atoms with Gasteiger partial charge in [0.05, 0.1) is 12.2 Å². The molecule has 0 radical (unpaired) electrons. The van der Waals surface area contributed by atoms with Gasteiger partial charge in [0.2, 0.25) is 0 Å². The van der Waals surface area contributed by atoms with Crippen molar-refractivity contribution in [3.05, 3.63) is 76.4 Å². The van der Waals surface area contributed by atoms with E-state index >= 15 is 4.39 Å². The molecule has 2 aromatic heterocycles. The number of ether oxygens (including phenoxy) is 1. The Balaban J connectivity index is 1.71. The number of alkyl carbamates (subject to hydrolysis) is 1. The van der Waals surface area contributed by atoms with Crippen LogP contribution < -0.4 is 10.6 Å². The molecule has 0 fully saturated rings. The molecule has 1 aliphatic rings. The third kappa shape index (κ3) is 5.52. The van der Waals surface area contributed by atoms with Crippen molar-refractivity contribution in [1.29, 1.82) is 0 Å². The Labute approximate surface area is 215 Å². The number of carbonyl (C=O) groups is 2. The van der Waals surface area contributed by atoms with Crippen molar-refractivity contribution < 1.29 is 18.7 Å². The number of pyridine rings is 1. The fraction of sp³-hybridized carbons (Fsp3) is 0.370. The largest absolute Gasteiger partial charge is 0.444 e. The number of nitrogens with zero attached hydrogens (tertiary/aromatic N) is 4. The van der Waals surface area contributed by atoms with Crippen LogP contribution in [0.3, 0.4) is 0 Å². The van der Waals surface area contributed by atoms with Gasteiger partial charge in [0.15, 0.2) is 11.7 Å². The first kappa shape index (κ1) is 26.0. The van der Waals surface area contributed by atoms with Crippen molar-refractivity contribution in [2.24, 2.45) is 4.99 Å². The summed E-state index contributed by atoms with van der Waals surface area (Å²) in [5, 5.41) is 5.47. The Morgan fingerprint density at radius 3 is 2.49 bits per heavy atom. The highest BCUT2D eigenvalue weighted by Gasteiger charge is 2.38. The number of aryl methyl sites for hydroxylation is 2. The molecule has 4 rings (SSSR count). The van der Waals surface area contributed by atoms with Crippen LogP contribution in [0.2, 0.25) is 0 Å². The molecule has 2 amide bonds. The van der Waals surface area contributed by atoms with Gasteiger partial charge in [0.25, 0.3) is 5.91 Å². The highest BCUT2D eigenvalue weighted by atomic mass is 19.1. The zero-order valence-corrected chi connectivity index (χ0v) is 22.1. The quantitative estimate of drug-likeness (QED) is 0.530. The molecule has 3 aromatic rings. The van der Waals surface area contributed by atoms with E-state index in [2.05, 4.69) is 20.6 Å². The molecule has 0 spiro atoms. The number of aliphatic imine (C=N–C) groups is 1. The number of amides is 2. The third-order valence-electron chi connectivity index (χ3n) is 6.06. The summed E-state index contributed by atoms with van der Waals surface area (Å²) >= 11 is 0. The summed E-state index contributed by atoms with van der Waals surface area (Å²) in [6, 6.07) is 7.75. The number of benzene rings is 1. The lowest BCUT2D eigenvalue weighted by Crippen LogP contribution is -2.44. The summed E-state index contributed by atoms with van der Waals surface area (Å²) in [4.78, 5) is 38.8. The molecule has 194 valence electrons. The van der Waals surface area contributed by atoms with Crippen LogP contribution in [0.5, 0.6) is 0 Å². The minimum absolute atomic E-state index is 0.178. The van der Waals surface area contributed by atoms with E-state index in [0.29, 0.717) is 11.5 Å². The summed E-state index contributed by atoms with van der Waals surface area (Å²) in [7, 11) is 0. The smallest absolute Gasteiger partial charge is 0.413 e. The second-order valence-corrected chi connectivity index (χ2v) is 10.4. The van der Waals surface area contributed by atoms with E-state index in [-0.39, 0.29) is 23.6 Å². The van der Waals surface area contributed by atoms with Crippen molar-refractivity contribution in [3.8, 4) is 0 Å². The van der Waals surface area contributed by atoms with E-state index in [1.54, 1.807) is 52.1 Å². The van der Waals surface area contributed by atoms with Gasteiger partial charge in [0, 0.05) is 23.1 Å². The van der Waals surface area contributed by atoms with Crippen LogP contribution in [0.25, 0.3) is 0 Å². The van der Waals surface area contributed by atoms with E-state index < -0.39 is 29.0 Å². The Bertz CT molecular complexity index is 1400. The summed E-state index contributed by atoms with van der Waals surface area (Å²) < 4.78 is 22.6. The second-order valence-electron chi connectivity index (χ2n) is 10.4. The number of anilines is 1. The molecule has 37 heavy (non-hydrogen) atoms. The average molecular weight is 507 g/mol. The molecule has 10 heteroatoms. The molecule has 1 atom stereocenters. The minimum atomic E-state index is -1.12. The number of fused-ring (bicyclic) bond motifs is 1. The number of nitrogens with one attached hydrogen (secondary N) is 2. The Hall–Kier alpha value is -4.08. The standard InChI is InChI=1S/C27H31FN6O3/c1-15-8-11-21(29-13-15)24(35)31-18-9-10-20(28)19(12-18)27(7)14-34-17(3)16(2)30-23(34)22(33-27)32-25(36)37-26(4,5)6/h8-13H,14H2,1-7H3,(H,31,35)(H,32,33,36). The molecule has 2 N–H and O–H groups in total. The maximum atomic E-state index is 15.3. The lowest BCUT2D eigenvalue weighted by Gasteiger charge is -2.33. The third-order valence-corrected chi connectivity index (χ3v) is 6.06. The van der Waals surface area contributed by atoms with Crippen molar-refractivity contribution >= 4 is 23.5 Å². The van der Waals surface area contributed by atoms with Crippen LogP contribution in [0, 0.1) is 26.6 Å². The van der Waals surface area contributed by atoms with Gasteiger partial charge >= 0.3 is 6.09 Å². The van der Waals surface area contributed by atoms with Gasteiger partial charge in [-0.3, -0.25) is 20.1 Å². The van der Waals surface area contributed by atoms with Crippen molar-refractivity contribution in [3.63, 3.8) is 0 Å². The minimum Gasteiger partial charge on any atom is -0.444 e. The van der Waals surface area contributed by atoms with Gasteiger partial charge in [-0.2, -0.15) is 0 Å². The van der Waals surface area contributed by atoms with Gasteiger partial charge in [0.1, 0.15) is 22.7 Å². The van der Waals surface area contributed by atoms with Gasteiger partial charge < -0.3 is 14.6 Å². The number of aromatic nitrogens is 3. The van der Waals surface area contributed by atoms with Gasteiger partial charge in [-0.05, 0) is 78.3 Å². The molecule has 1 aliphatic heterocycles. The lowest BCUT2D eigenvalue weighted by molar-refractivity contribution is 0.0562. The zero-order valence-electron chi connectivity index (χ0n) is 22.1. The monoisotopic (exact) mass is 506 g/mol. The van der Waals surface area contributed by atoms with Crippen LogP contribution in [0.4, 0.5) is 14.9 Å². The fourth-order valence-electron chi connectivity index (χ4n) is 4.11. The molecule has 1 aromatic carbocycles. The van der Waals surface area contributed by atoms with Crippen LogP contribution >= 0.6 is 0 Å². The van der Waals surface area contributed by atoms with E-state index in [1.165, 1.54) is 12.1 Å². The molecule has 0 saturated carbocycles. The zero-order chi connectivity index (χ0) is 27.1. The van der Waals surface area contributed by atoms with Gasteiger partial charge in [-0.1, -0.05) is 6.07 Å². The number of hydrogen-bond donors (Lipinski definition) is 2. The molecular weight excluding hydrogens is 475 g/mol. The first-order valence-corrected chi connectivity index (χ1v) is 11.9. The Morgan fingerprint density at radius 2 is 1.84 bits per heavy atom. The number of imidazole rings is 1. The summed E-state index contributed by atoms with van der Waals surface area (Å²) in [5.41, 5.74) is 1.63. The highest BCUT2D eigenvalue weighted by molar-refractivity contribution is 6.05. The number of carbonyl (C=O) groups excluding carboxylic acids is 2. The van der Waals surface area contributed by atoms with Crippen molar-refractivity contribution in [2.75, 3.05) is 5.32 Å². The van der Waals surface area contributed by atoms with E-state index in [9.17, 15) is 9.59 Å². The predicted octanol–water partition coefficient (Wildman–Crippen LogP) is 4.80. The van der Waals surface area contributed by atoms with E-state index in [4.69, 9.17) is 9.73 Å². The van der Waals surface area contributed by atoms with Crippen LogP contribution in [0.1, 0.15) is 66.5 Å².